The topological polar surface area (TPSA) is 66.2 Å². The van der Waals surface area contributed by atoms with Gasteiger partial charge in [0.1, 0.15) is 6.54 Å². The number of carbonyl (C=O) groups is 1. The van der Waals surface area contributed by atoms with Crippen LogP contribution in [0.4, 0.5) is 0 Å². The molecule has 0 aliphatic carbocycles. The number of halogens is 1. The average Bonchev–Trinajstić information content (AvgIpc) is 2.48. The summed E-state index contributed by atoms with van der Waals surface area (Å²) in [6.07, 6.45) is 0. The van der Waals surface area contributed by atoms with E-state index in [0.29, 0.717) is 22.5 Å². The maximum Gasteiger partial charge on any atom is 0.191 e. The molecular weight excluding hydrogens is 323 g/mol. The van der Waals surface area contributed by atoms with Crippen LogP contribution in [0.5, 0.6) is 0 Å². The number of quaternary nitrogens is 1. The number of aliphatic carboxylic acids is 1. The summed E-state index contributed by atoms with van der Waals surface area (Å²) >= 11 is 0. The molecule has 1 aromatic rings. The van der Waals surface area contributed by atoms with Gasteiger partial charge in [0.15, 0.2) is 5.76 Å². The van der Waals surface area contributed by atoms with Crippen molar-refractivity contribution >= 4 is 29.9 Å². The Bertz CT molecular complexity index is 357. The zero-order chi connectivity index (χ0) is 11.6. The van der Waals surface area contributed by atoms with Crippen LogP contribution in [0.2, 0.25) is 0 Å². The smallest absolute Gasteiger partial charge is 0.191 e. The van der Waals surface area contributed by atoms with Crippen molar-refractivity contribution in [1.29, 1.82) is 0 Å². The van der Waals surface area contributed by atoms with E-state index in [1.807, 2.05) is 21.1 Å². The van der Waals surface area contributed by atoms with E-state index in [2.05, 4.69) is 5.16 Å². The lowest BCUT2D eigenvalue weighted by Gasteiger charge is -2.21. The number of hydrogen-bond acceptors (Lipinski definition) is 4. The highest BCUT2D eigenvalue weighted by Crippen LogP contribution is 2.16. The number of aromatic nitrogens is 1. The fourth-order valence-corrected chi connectivity index (χ4v) is 1.20. The van der Waals surface area contributed by atoms with Crippen molar-refractivity contribution in [3.63, 3.8) is 0 Å². The summed E-state index contributed by atoms with van der Waals surface area (Å²) in [5.41, 5.74) is 0.415. The average molecular weight is 340 g/mol. The molecule has 0 bridgehead atoms. The Hall–Kier alpha value is -0.630. The molecule has 0 spiro atoms. The molecule has 0 aliphatic heterocycles. The van der Waals surface area contributed by atoms with E-state index in [9.17, 15) is 9.90 Å². The van der Waals surface area contributed by atoms with Gasteiger partial charge in [-0.1, -0.05) is 12.1 Å². The third-order valence-electron chi connectivity index (χ3n) is 2.00. The molecule has 1 unspecified atom stereocenters. The van der Waals surface area contributed by atoms with Crippen LogP contribution in [0.15, 0.2) is 10.6 Å². The molecule has 5 nitrogen and oxygen atoms in total. The van der Waals surface area contributed by atoms with E-state index >= 15 is 0 Å². The SMILES string of the molecule is CC(C(=O)[O-])c1cc(C[N+](C)(C)C)on1.I. The minimum atomic E-state index is -1.14. The summed E-state index contributed by atoms with van der Waals surface area (Å²) in [7, 11) is 6.05. The van der Waals surface area contributed by atoms with Crippen molar-refractivity contribution in [2.24, 2.45) is 0 Å². The number of carboxylic acid groups (broad SMARTS) is 1. The van der Waals surface area contributed by atoms with Gasteiger partial charge in [0.2, 0.25) is 0 Å². The molecule has 0 aromatic carbocycles. The van der Waals surface area contributed by atoms with Crippen LogP contribution in [-0.4, -0.2) is 36.8 Å². The van der Waals surface area contributed by atoms with Gasteiger partial charge in [0.05, 0.1) is 32.8 Å². The lowest BCUT2D eigenvalue weighted by molar-refractivity contribution is -0.885. The second kappa shape index (κ2) is 5.62. The Morgan fingerprint density at radius 2 is 2.12 bits per heavy atom. The largest absolute Gasteiger partial charge is 0.549 e. The van der Waals surface area contributed by atoms with Crippen molar-refractivity contribution in [2.75, 3.05) is 21.1 Å². The summed E-state index contributed by atoms with van der Waals surface area (Å²) in [6.45, 7) is 2.20. The molecule has 0 saturated heterocycles. The van der Waals surface area contributed by atoms with E-state index in [1.165, 1.54) is 6.92 Å². The van der Waals surface area contributed by atoms with Crippen molar-refractivity contribution in [3.8, 4) is 0 Å². The van der Waals surface area contributed by atoms with Crippen LogP contribution >= 0.6 is 24.0 Å². The predicted octanol–water partition coefficient (Wildman–Crippen LogP) is 0.352. The van der Waals surface area contributed by atoms with Crippen LogP contribution in [0.1, 0.15) is 24.3 Å². The first kappa shape index (κ1) is 15.4. The molecule has 0 radical (unpaired) electrons. The third-order valence-corrected chi connectivity index (χ3v) is 2.00. The van der Waals surface area contributed by atoms with E-state index in [4.69, 9.17) is 4.52 Å². The standard InChI is InChI=1S/C10H16N2O3.HI/c1-7(10(13)14)9-5-8(15-11-9)6-12(2,3)4;/h5,7H,6H2,1-4H3;1H. The molecule has 1 heterocycles. The molecule has 1 atom stereocenters. The van der Waals surface area contributed by atoms with Gasteiger partial charge in [-0.3, -0.25) is 0 Å². The summed E-state index contributed by atoms with van der Waals surface area (Å²) in [5, 5.41) is 14.3. The predicted molar refractivity (Wildman–Crippen MR) is 67.1 cm³/mol. The van der Waals surface area contributed by atoms with E-state index in [0.717, 1.165) is 0 Å². The minimum absolute atomic E-state index is 0. The zero-order valence-corrected chi connectivity index (χ0v) is 12.2. The lowest BCUT2D eigenvalue weighted by atomic mass is 10.1. The maximum absolute atomic E-state index is 10.6. The van der Waals surface area contributed by atoms with Gasteiger partial charge in [-0.25, -0.2) is 0 Å². The Balaban J connectivity index is 0.00000225. The monoisotopic (exact) mass is 340 g/mol. The second-order valence-electron chi connectivity index (χ2n) is 4.71. The molecule has 0 fully saturated rings. The highest BCUT2D eigenvalue weighted by molar-refractivity contribution is 14.0. The normalized spacial score (nSPS) is 13.0. The third kappa shape index (κ3) is 4.48. The maximum atomic E-state index is 10.6. The van der Waals surface area contributed by atoms with Gasteiger partial charge >= 0.3 is 0 Å². The van der Waals surface area contributed by atoms with Crippen LogP contribution in [-0.2, 0) is 11.3 Å². The number of rotatable bonds is 4. The lowest BCUT2D eigenvalue weighted by Crippen LogP contribution is -2.33. The van der Waals surface area contributed by atoms with Crippen LogP contribution in [0.25, 0.3) is 0 Å². The summed E-state index contributed by atoms with van der Waals surface area (Å²) in [5.74, 6) is -1.18. The summed E-state index contributed by atoms with van der Waals surface area (Å²) in [6, 6.07) is 1.67. The van der Waals surface area contributed by atoms with Gasteiger partial charge in [-0.15, -0.1) is 24.0 Å². The van der Waals surface area contributed by atoms with Crippen molar-refractivity contribution in [1.82, 2.24) is 5.16 Å². The second-order valence-corrected chi connectivity index (χ2v) is 4.71. The Morgan fingerprint density at radius 1 is 1.56 bits per heavy atom. The quantitative estimate of drug-likeness (QED) is 0.586. The zero-order valence-electron chi connectivity index (χ0n) is 9.89. The van der Waals surface area contributed by atoms with Crippen molar-refractivity contribution in [3.05, 3.63) is 17.5 Å². The van der Waals surface area contributed by atoms with E-state index in [-0.39, 0.29) is 24.0 Å². The first-order valence-corrected chi connectivity index (χ1v) is 4.76. The first-order valence-electron chi connectivity index (χ1n) is 4.76. The Morgan fingerprint density at radius 3 is 2.56 bits per heavy atom. The highest BCUT2D eigenvalue weighted by Gasteiger charge is 2.17. The number of carboxylic acids is 1. The minimum Gasteiger partial charge on any atom is -0.549 e. The fraction of sp³-hybridized carbons (Fsp3) is 0.600. The molecule has 0 saturated carbocycles. The van der Waals surface area contributed by atoms with E-state index in [1.54, 1.807) is 6.07 Å². The Labute approximate surface area is 112 Å². The molecule has 16 heavy (non-hydrogen) atoms. The molecule has 1 aromatic heterocycles. The fourth-order valence-electron chi connectivity index (χ4n) is 1.20. The van der Waals surface area contributed by atoms with Crippen LogP contribution < -0.4 is 5.11 Å². The van der Waals surface area contributed by atoms with Gasteiger partial charge < -0.3 is 18.9 Å². The molecular formula is C10H17IN2O3. The van der Waals surface area contributed by atoms with Crippen molar-refractivity contribution in [2.45, 2.75) is 19.4 Å². The van der Waals surface area contributed by atoms with Gasteiger partial charge in [0, 0.05) is 12.0 Å². The molecule has 0 amide bonds. The van der Waals surface area contributed by atoms with Crippen LogP contribution in [0, 0.1) is 0 Å². The molecule has 92 valence electrons. The first-order chi connectivity index (χ1) is 6.79. The highest BCUT2D eigenvalue weighted by atomic mass is 127. The molecule has 1 rings (SSSR count). The van der Waals surface area contributed by atoms with E-state index < -0.39 is 11.9 Å². The number of nitrogens with zero attached hydrogens (tertiary/aromatic N) is 2. The molecule has 0 aliphatic rings. The molecule has 0 N–H and O–H groups in total. The van der Waals surface area contributed by atoms with Gasteiger partial charge in [-0.2, -0.15) is 0 Å². The summed E-state index contributed by atoms with van der Waals surface area (Å²) < 4.78 is 5.76. The molecule has 6 heteroatoms. The van der Waals surface area contributed by atoms with Crippen LogP contribution in [0.3, 0.4) is 0 Å². The Kier molecular flexibility index (Phi) is 5.40. The number of hydrogen-bond donors (Lipinski definition) is 0. The van der Waals surface area contributed by atoms with Gasteiger partial charge in [-0.05, 0) is 0 Å². The van der Waals surface area contributed by atoms with Crippen molar-refractivity contribution < 1.29 is 18.9 Å². The number of carbonyl (C=O) groups excluding carboxylic acids is 1. The summed E-state index contributed by atoms with van der Waals surface area (Å²) in [4.78, 5) is 10.6. The van der Waals surface area contributed by atoms with Gasteiger partial charge in [0.25, 0.3) is 0 Å².